The van der Waals surface area contributed by atoms with Crippen LogP contribution in [-0.2, 0) is 61.2 Å². The van der Waals surface area contributed by atoms with Gasteiger partial charge in [-0.2, -0.15) is 0 Å². The van der Waals surface area contributed by atoms with Crippen molar-refractivity contribution in [2.45, 2.75) is 395 Å². The van der Waals surface area contributed by atoms with Gasteiger partial charge in [0.2, 0.25) is 0 Å². The van der Waals surface area contributed by atoms with Gasteiger partial charge in [0.25, 0.3) is 0 Å². The summed E-state index contributed by atoms with van der Waals surface area (Å²) in [4.78, 5) is 51.0. The molecule has 19 atom stereocenters. The van der Waals surface area contributed by atoms with Crippen molar-refractivity contribution in [3.8, 4) is 0 Å². The van der Waals surface area contributed by atoms with E-state index in [0.717, 1.165) is 116 Å². The van der Waals surface area contributed by atoms with Crippen LogP contribution in [0.2, 0.25) is 0 Å². The van der Waals surface area contributed by atoms with Crippen molar-refractivity contribution >= 4 is 25.7 Å². The van der Waals surface area contributed by atoms with Gasteiger partial charge in [0, 0.05) is 19.3 Å². The maximum atomic E-state index is 14.3. The molecule has 1 saturated carbocycles. The van der Waals surface area contributed by atoms with Gasteiger partial charge in [0.1, 0.15) is 98.7 Å². The Morgan fingerprint density at radius 1 is 0.423 bits per heavy atom. The van der Waals surface area contributed by atoms with Crippen molar-refractivity contribution in [1.82, 2.24) is 0 Å². The van der Waals surface area contributed by atoms with Gasteiger partial charge < -0.3 is 89.1 Å². The molecule has 0 aromatic carbocycles. The molecule has 3 fully saturated rings. The fraction of sp³-hybridized carbons (Fsp3) is 0.931. The van der Waals surface area contributed by atoms with E-state index in [4.69, 9.17) is 42.2 Å². The van der Waals surface area contributed by atoms with Crippen molar-refractivity contribution in [1.29, 1.82) is 0 Å². The molecule has 2 heterocycles. The Morgan fingerprint density at radius 2 is 0.784 bits per heavy atom. The van der Waals surface area contributed by atoms with Gasteiger partial charge in [-0.25, -0.2) is 4.57 Å². The molecule has 1 aliphatic carbocycles. The first kappa shape index (κ1) is 88.9. The molecule has 0 aromatic rings. The van der Waals surface area contributed by atoms with Crippen molar-refractivity contribution in [3.05, 3.63) is 12.2 Å². The first-order valence-corrected chi connectivity index (χ1v) is 39.4. The smallest absolute Gasteiger partial charge is 0.463 e. The SMILES string of the molecule is CCCCCC/C=C\CCCCCCCCCC(=O)OC(COC(=O)CCCCCCCCC(C)CCCCCCCC)COP(=O)(O)OC1C(OC2OC(CO)C(O)C(O)C2O)C(O)C(O)C(O)C1OC1OC(COC(=O)CCCCCCCCCCCCC)C(O)C(O)C1O. The first-order chi connectivity index (χ1) is 46.7. The number of allylic oxidation sites excluding steroid dienone is 2. The lowest BCUT2D eigenvalue weighted by Crippen LogP contribution is -2.69. The second kappa shape index (κ2) is 53.5. The second-order valence-corrected chi connectivity index (χ2v) is 29.0. The summed E-state index contributed by atoms with van der Waals surface area (Å²) in [6.45, 7) is 5.75. The number of phosphoric ester groups is 1. The van der Waals surface area contributed by atoms with Gasteiger partial charge in [-0.1, -0.05) is 239 Å². The number of hydrogen-bond donors (Lipinski definition) is 11. The van der Waals surface area contributed by atoms with E-state index in [1.165, 1.54) is 109 Å². The zero-order chi connectivity index (χ0) is 71.2. The molecule has 0 bridgehead atoms. The topological polar surface area (TPSA) is 374 Å². The van der Waals surface area contributed by atoms with E-state index in [-0.39, 0.29) is 19.3 Å². The standard InChI is InChI=1S/C72H133O24P/c1-5-8-11-14-17-19-21-22-23-24-26-28-30-37-42-47-58(76)91-53(49-88-56(74)45-40-36-32-31-34-39-44-52(4)43-38-33-16-13-10-7-3)50-90-97(86,87)96-70-68(94-71-66(84)61(79)59(77)54(48-73)92-71)64(82)63(81)65(83)69(70)95-72-67(85)62(80)60(78)55(93-72)51-89-57(75)46-41-35-29-27-25-20-18-15-12-9-6-2/h19,21,52-55,59-73,77-85H,5-18,20,22-51H2,1-4H3,(H,86,87)/b21-19-. The molecule has 3 aliphatic rings. The number of aliphatic hydroxyl groups excluding tert-OH is 10. The number of esters is 3. The minimum atomic E-state index is -5.70. The summed E-state index contributed by atoms with van der Waals surface area (Å²) in [6.07, 6.45) is 10.0. The quantitative estimate of drug-likeness (QED) is 0.00886. The van der Waals surface area contributed by atoms with Gasteiger partial charge in [-0.15, -0.1) is 0 Å². The number of carbonyl (C=O) groups excluding carboxylic acids is 3. The lowest BCUT2D eigenvalue weighted by Gasteiger charge is -2.49. The molecule has 0 spiro atoms. The highest BCUT2D eigenvalue weighted by atomic mass is 31.2. The fourth-order valence-electron chi connectivity index (χ4n) is 12.6. The third-order valence-corrected chi connectivity index (χ3v) is 19.9. The molecular weight excluding hydrogens is 1280 g/mol. The van der Waals surface area contributed by atoms with Crippen LogP contribution in [0.3, 0.4) is 0 Å². The molecule has 2 aliphatic heterocycles. The number of aliphatic hydroxyl groups is 10. The van der Waals surface area contributed by atoms with E-state index >= 15 is 0 Å². The Labute approximate surface area is 580 Å². The maximum absolute atomic E-state index is 14.3. The Bertz CT molecular complexity index is 2080. The van der Waals surface area contributed by atoms with Gasteiger partial charge in [-0.3, -0.25) is 23.4 Å². The molecule has 19 unspecified atom stereocenters. The second-order valence-electron chi connectivity index (χ2n) is 27.6. The summed E-state index contributed by atoms with van der Waals surface area (Å²) < 4.78 is 65.0. The number of carbonyl (C=O) groups is 3. The predicted molar refractivity (Wildman–Crippen MR) is 365 cm³/mol. The summed E-state index contributed by atoms with van der Waals surface area (Å²) in [7, 11) is -5.70. The molecular formula is C72H133O24P. The number of unbranched alkanes of at least 4 members (excludes halogenated alkanes) is 31. The van der Waals surface area contributed by atoms with E-state index in [1.807, 2.05) is 0 Å². The van der Waals surface area contributed by atoms with Crippen LogP contribution in [0.1, 0.15) is 291 Å². The molecule has 570 valence electrons. The Hall–Kier alpha value is -2.30. The van der Waals surface area contributed by atoms with Crippen molar-refractivity contribution in [3.63, 3.8) is 0 Å². The molecule has 0 radical (unpaired) electrons. The average Bonchev–Trinajstić information content (AvgIpc) is 0.765. The Kier molecular flexibility index (Phi) is 49.0. The Balaban J connectivity index is 1.75. The van der Waals surface area contributed by atoms with Crippen molar-refractivity contribution in [2.24, 2.45) is 5.92 Å². The lowest BCUT2D eigenvalue weighted by atomic mass is 9.84. The number of rotatable bonds is 58. The van der Waals surface area contributed by atoms with Crippen LogP contribution in [0.15, 0.2) is 12.2 Å². The lowest BCUT2D eigenvalue weighted by molar-refractivity contribution is -0.360. The zero-order valence-electron chi connectivity index (χ0n) is 59.5. The van der Waals surface area contributed by atoms with Gasteiger partial charge in [0.05, 0.1) is 13.2 Å². The van der Waals surface area contributed by atoms with Crippen molar-refractivity contribution in [2.75, 3.05) is 26.4 Å². The summed E-state index contributed by atoms with van der Waals surface area (Å²) in [5, 5.41) is 110. The Morgan fingerprint density at radius 3 is 1.23 bits per heavy atom. The zero-order valence-corrected chi connectivity index (χ0v) is 60.4. The number of hydrogen-bond acceptors (Lipinski definition) is 23. The largest absolute Gasteiger partial charge is 0.472 e. The van der Waals surface area contributed by atoms with Crippen LogP contribution in [0.4, 0.5) is 0 Å². The van der Waals surface area contributed by atoms with E-state index in [0.29, 0.717) is 25.2 Å². The number of phosphoric acid groups is 1. The summed E-state index contributed by atoms with van der Waals surface area (Å²) in [5.74, 6) is -1.29. The predicted octanol–water partition coefficient (Wildman–Crippen LogP) is 10.2. The highest BCUT2D eigenvalue weighted by Crippen LogP contribution is 2.49. The van der Waals surface area contributed by atoms with E-state index < -0.39 is 156 Å². The maximum Gasteiger partial charge on any atom is 0.472 e. The van der Waals surface area contributed by atoms with Gasteiger partial charge in [-0.05, 0) is 50.9 Å². The molecule has 11 N–H and O–H groups in total. The molecule has 97 heavy (non-hydrogen) atoms. The van der Waals surface area contributed by atoms with Crippen LogP contribution < -0.4 is 0 Å². The fourth-order valence-corrected chi connectivity index (χ4v) is 13.6. The molecule has 3 rings (SSSR count). The number of ether oxygens (including phenoxy) is 7. The summed E-state index contributed by atoms with van der Waals surface area (Å²) in [5.41, 5.74) is 0. The van der Waals surface area contributed by atoms with E-state index in [2.05, 4.69) is 39.8 Å². The van der Waals surface area contributed by atoms with Crippen LogP contribution >= 0.6 is 7.82 Å². The minimum Gasteiger partial charge on any atom is -0.463 e. The third-order valence-electron chi connectivity index (χ3n) is 18.9. The first-order valence-electron chi connectivity index (χ1n) is 37.9. The molecule has 25 heteroatoms. The molecule has 2 saturated heterocycles. The van der Waals surface area contributed by atoms with Crippen LogP contribution in [0.5, 0.6) is 0 Å². The minimum absolute atomic E-state index is 0.0310. The monoisotopic (exact) mass is 1410 g/mol. The van der Waals surface area contributed by atoms with E-state index in [1.54, 1.807) is 0 Å². The van der Waals surface area contributed by atoms with E-state index in [9.17, 15) is 74.9 Å². The van der Waals surface area contributed by atoms with Gasteiger partial charge >= 0.3 is 25.7 Å². The molecule has 0 amide bonds. The third kappa shape index (κ3) is 37.1. The molecule has 24 nitrogen and oxygen atoms in total. The van der Waals surface area contributed by atoms with Crippen LogP contribution in [0.25, 0.3) is 0 Å². The normalized spacial score (nSPS) is 28.2. The highest BCUT2D eigenvalue weighted by Gasteiger charge is 2.58. The van der Waals surface area contributed by atoms with Crippen LogP contribution in [0, 0.1) is 5.92 Å². The van der Waals surface area contributed by atoms with Crippen molar-refractivity contribution < 1.29 is 117 Å². The molecule has 0 aromatic heterocycles. The van der Waals surface area contributed by atoms with Crippen LogP contribution in [-0.4, -0.2) is 204 Å². The summed E-state index contributed by atoms with van der Waals surface area (Å²) >= 11 is 0. The average molecular weight is 1410 g/mol. The van der Waals surface area contributed by atoms with Gasteiger partial charge in [0.15, 0.2) is 18.7 Å². The summed E-state index contributed by atoms with van der Waals surface area (Å²) in [6, 6.07) is 0. The highest BCUT2D eigenvalue weighted by molar-refractivity contribution is 7.47.